The van der Waals surface area contributed by atoms with Crippen LogP contribution in [0.5, 0.6) is 0 Å². The van der Waals surface area contributed by atoms with E-state index in [2.05, 4.69) is 20.8 Å². The molecule has 3 rings (SSSR count). The average molecular weight is 326 g/mol. The summed E-state index contributed by atoms with van der Waals surface area (Å²) in [4.78, 5) is 25.0. The van der Waals surface area contributed by atoms with Crippen LogP contribution < -0.4 is 5.32 Å². The molecule has 1 N–H and O–H groups in total. The number of hydrogen-bond acceptors (Lipinski definition) is 7. The van der Waals surface area contributed by atoms with Gasteiger partial charge in [-0.05, 0) is 30.2 Å². The molecule has 0 bridgehead atoms. The van der Waals surface area contributed by atoms with Gasteiger partial charge in [-0.25, -0.2) is 9.48 Å². The topological polar surface area (TPSA) is 102 Å². The highest BCUT2D eigenvalue weighted by atomic mass is 32.2. The number of tetrazole rings is 1. The molecular formula is C12H18N6O3S. The van der Waals surface area contributed by atoms with E-state index in [0.29, 0.717) is 24.8 Å². The number of nitrogens with zero attached hydrogens (tertiary/aromatic N) is 5. The predicted molar refractivity (Wildman–Crippen MR) is 77.2 cm³/mol. The molecule has 0 aliphatic carbocycles. The van der Waals surface area contributed by atoms with Crippen LogP contribution in [-0.2, 0) is 16.1 Å². The molecule has 120 valence electrons. The van der Waals surface area contributed by atoms with Gasteiger partial charge in [-0.2, -0.15) is 0 Å². The van der Waals surface area contributed by atoms with Gasteiger partial charge in [-0.1, -0.05) is 11.8 Å². The maximum absolute atomic E-state index is 12.3. The Morgan fingerprint density at radius 3 is 3.14 bits per heavy atom. The highest BCUT2D eigenvalue weighted by molar-refractivity contribution is 8.00. The largest absolute Gasteiger partial charge is 0.376 e. The van der Waals surface area contributed by atoms with Crippen molar-refractivity contribution in [2.75, 3.05) is 19.7 Å². The molecule has 0 saturated carbocycles. The van der Waals surface area contributed by atoms with Crippen molar-refractivity contribution in [2.45, 2.75) is 42.8 Å². The van der Waals surface area contributed by atoms with Crippen molar-refractivity contribution < 1.29 is 14.3 Å². The number of thioether (sulfide) groups is 1. The quantitative estimate of drug-likeness (QED) is 0.753. The second kappa shape index (κ2) is 6.61. The maximum atomic E-state index is 12.3. The van der Waals surface area contributed by atoms with Gasteiger partial charge in [0.2, 0.25) is 11.1 Å². The summed E-state index contributed by atoms with van der Waals surface area (Å²) in [6.45, 7) is 4.01. The van der Waals surface area contributed by atoms with Crippen LogP contribution in [0.25, 0.3) is 0 Å². The summed E-state index contributed by atoms with van der Waals surface area (Å²) in [5, 5.41) is 14.3. The molecule has 9 nitrogen and oxygen atoms in total. The number of urea groups is 1. The van der Waals surface area contributed by atoms with E-state index < -0.39 is 5.25 Å². The fraction of sp³-hybridized carbons (Fsp3) is 0.750. The normalized spacial score (nSPS) is 22.9. The van der Waals surface area contributed by atoms with Gasteiger partial charge in [0.15, 0.2) is 0 Å². The first kappa shape index (κ1) is 15.2. The summed E-state index contributed by atoms with van der Waals surface area (Å²) < 4.78 is 7.24. The predicted octanol–water partition coefficient (Wildman–Crippen LogP) is -0.115. The minimum atomic E-state index is -0.432. The number of nitrogens with one attached hydrogen (secondary N) is 1. The minimum absolute atomic E-state index is 0.123. The Bertz CT molecular complexity index is 559. The molecule has 22 heavy (non-hydrogen) atoms. The lowest BCUT2D eigenvalue weighted by Crippen LogP contribution is -2.39. The lowest BCUT2D eigenvalue weighted by Gasteiger charge is -2.17. The Kier molecular flexibility index (Phi) is 4.57. The summed E-state index contributed by atoms with van der Waals surface area (Å²) in [6.07, 6.45) is 2.17. The Morgan fingerprint density at radius 2 is 2.45 bits per heavy atom. The van der Waals surface area contributed by atoms with Gasteiger partial charge in [-0.3, -0.25) is 9.69 Å². The zero-order chi connectivity index (χ0) is 15.5. The van der Waals surface area contributed by atoms with Crippen LogP contribution in [0.1, 0.15) is 19.8 Å². The van der Waals surface area contributed by atoms with Crippen LogP contribution in [0.2, 0.25) is 0 Å². The van der Waals surface area contributed by atoms with Crippen molar-refractivity contribution in [3.05, 3.63) is 0 Å². The Morgan fingerprint density at radius 1 is 1.59 bits per heavy atom. The molecule has 2 fully saturated rings. The summed E-state index contributed by atoms with van der Waals surface area (Å²) >= 11 is 1.26. The minimum Gasteiger partial charge on any atom is -0.376 e. The summed E-state index contributed by atoms with van der Waals surface area (Å²) in [5.41, 5.74) is 0. The van der Waals surface area contributed by atoms with E-state index in [1.807, 2.05) is 0 Å². The van der Waals surface area contributed by atoms with Crippen LogP contribution >= 0.6 is 11.8 Å². The third-order valence-electron chi connectivity index (χ3n) is 3.65. The third kappa shape index (κ3) is 3.22. The number of aromatic nitrogens is 4. The molecule has 0 radical (unpaired) electrons. The van der Waals surface area contributed by atoms with Gasteiger partial charge in [0.25, 0.3) is 0 Å². The van der Waals surface area contributed by atoms with Crippen LogP contribution in [-0.4, -0.2) is 68.1 Å². The molecule has 2 aliphatic rings. The first-order chi connectivity index (χ1) is 10.6. The molecule has 3 heterocycles. The van der Waals surface area contributed by atoms with Gasteiger partial charge in [0.05, 0.1) is 17.9 Å². The van der Waals surface area contributed by atoms with E-state index in [9.17, 15) is 9.59 Å². The van der Waals surface area contributed by atoms with Crippen LogP contribution in [0.3, 0.4) is 0 Å². The first-order valence-corrected chi connectivity index (χ1v) is 8.17. The summed E-state index contributed by atoms with van der Waals surface area (Å²) in [7, 11) is 0. The summed E-state index contributed by atoms with van der Waals surface area (Å²) in [6, 6.07) is -0.337. The van der Waals surface area contributed by atoms with Gasteiger partial charge in [-0.15, -0.1) is 5.10 Å². The maximum Gasteiger partial charge on any atom is 0.324 e. The number of ether oxygens (including phenoxy) is 1. The van der Waals surface area contributed by atoms with Crippen LogP contribution in [0.4, 0.5) is 4.79 Å². The zero-order valence-electron chi connectivity index (χ0n) is 12.3. The van der Waals surface area contributed by atoms with Gasteiger partial charge < -0.3 is 10.1 Å². The Balaban J connectivity index is 1.61. The van der Waals surface area contributed by atoms with Gasteiger partial charge in [0.1, 0.15) is 0 Å². The molecule has 1 aromatic rings. The summed E-state index contributed by atoms with van der Waals surface area (Å²) in [5.74, 6) is -0.230. The number of carbonyl (C=O) groups excluding carboxylic acids is 2. The SMILES string of the molecule is C[C@H](Sc1nnnn1C[C@H]1CCCO1)C(=O)N1CCNC1=O. The molecule has 3 amide bonds. The standard InChI is InChI=1S/C12H18N6O3S/c1-8(10(19)17-5-4-13-11(17)20)22-12-14-15-16-18(12)7-9-3-2-6-21-9/h8-9H,2-7H2,1H3,(H,13,20)/t8-,9+/m0/s1. The third-order valence-corrected chi connectivity index (χ3v) is 4.71. The molecule has 0 unspecified atom stereocenters. The van der Waals surface area contributed by atoms with Gasteiger partial charge in [0, 0.05) is 19.7 Å². The first-order valence-electron chi connectivity index (χ1n) is 7.29. The molecular weight excluding hydrogens is 308 g/mol. The molecule has 2 aliphatic heterocycles. The fourth-order valence-electron chi connectivity index (χ4n) is 2.49. The second-order valence-corrected chi connectivity index (χ2v) is 6.57. The Hall–Kier alpha value is -1.68. The van der Waals surface area contributed by atoms with Crippen molar-refractivity contribution in [1.82, 2.24) is 30.4 Å². The lowest BCUT2D eigenvalue weighted by atomic mass is 10.2. The van der Waals surface area contributed by atoms with Crippen molar-refractivity contribution in [1.29, 1.82) is 0 Å². The van der Waals surface area contributed by atoms with E-state index in [4.69, 9.17) is 4.74 Å². The number of hydrogen-bond donors (Lipinski definition) is 1. The molecule has 2 atom stereocenters. The van der Waals surface area contributed by atoms with E-state index in [1.54, 1.807) is 11.6 Å². The van der Waals surface area contributed by atoms with E-state index in [0.717, 1.165) is 19.4 Å². The van der Waals surface area contributed by atoms with Crippen LogP contribution in [0.15, 0.2) is 5.16 Å². The molecule has 2 saturated heterocycles. The number of imide groups is 1. The van der Waals surface area contributed by atoms with Gasteiger partial charge >= 0.3 is 6.03 Å². The van der Waals surface area contributed by atoms with Crippen LogP contribution in [0, 0.1) is 0 Å². The monoisotopic (exact) mass is 326 g/mol. The number of carbonyl (C=O) groups is 2. The fourth-order valence-corrected chi connectivity index (χ4v) is 3.35. The van der Waals surface area contributed by atoms with Crippen molar-refractivity contribution >= 4 is 23.7 Å². The number of rotatable bonds is 5. The molecule has 0 spiro atoms. The van der Waals surface area contributed by atoms with Crippen molar-refractivity contribution in [3.8, 4) is 0 Å². The van der Waals surface area contributed by atoms with Crippen molar-refractivity contribution in [2.24, 2.45) is 0 Å². The van der Waals surface area contributed by atoms with Crippen molar-refractivity contribution in [3.63, 3.8) is 0 Å². The molecule has 1 aromatic heterocycles. The molecule has 10 heteroatoms. The highest BCUT2D eigenvalue weighted by Crippen LogP contribution is 2.23. The highest BCUT2D eigenvalue weighted by Gasteiger charge is 2.31. The van der Waals surface area contributed by atoms with E-state index >= 15 is 0 Å². The Labute approximate surface area is 131 Å². The van der Waals surface area contributed by atoms with E-state index in [-0.39, 0.29) is 18.0 Å². The zero-order valence-corrected chi connectivity index (χ0v) is 13.1. The molecule has 0 aromatic carbocycles. The average Bonchev–Trinajstić information content (AvgIpc) is 3.22. The number of amides is 3. The van der Waals surface area contributed by atoms with E-state index in [1.165, 1.54) is 16.7 Å². The second-order valence-electron chi connectivity index (χ2n) is 5.26. The smallest absolute Gasteiger partial charge is 0.324 e. The lowest BCUT2D eigenvalue weighted by molar-refractivity contribution is -0.126.